The summed E-state index contributed by atoms with van der Waals surface area (Å²) in [6.07, 6.45) is 3.64. The van der Waals surface area contributed by atoms with E-state index in [-0.39, 0.29) is 0 Å². The van der Waals surface area contributed by atoms with E-state index < -0.39 is 0 Å². The Morgan fingerprint density at radius 1 is 0.340 bits per heavy atom. The van der Waals surface area contributed by atoms with Crippen LogP contribution in [-0.2, 0) is 0 Å². The molecule has 6 heteroatoms. The van der Waals surface area contributed by atoms with Crippen LogP contribution in [0, 0.1) is 6.92 Å². The standard InChI is InChI=1S/C41H26N6/c1-25-44-36(32-8-2-6-30(22-32)34-18-16-28-14-12-26-10-4-20-42-38(26)40(28)46-34)24-37(45-25)33-9-3-7-31(23-33)35-19-17-29-15-13-27-11-5-21-43-39(27)41(29)47-35/h2-24H,1H3. The van der Waals surface area contributed by atoms with E-state index in [1.165, 1.54) is 0 Å². The second-order valence-corrected chi connectivity index (χ2v) is 11.7. The van der Waals surface area contributed by atoms with Crippen LogP contribution in [-0.4, -0.2) is 29.9 Å². The lowest BCUT2D eigenvalue weighted by atomic mass is 10.0. The average molecular weight is 603 g/mol. The maximum atomic E-state index is 5.06. The summed E-state index contributed by atoms with van der Waals surface area (Å²) in [4.78, 5) is 29.0. The molecule has 0 saturated heterocycles. The van der Waals surface area contributed by atoms with Crippen LogP contribution in [0.15, 0.2) is 140 Å². The number of fused-ring (bicyclic) bond motifs is 6. The highest BCUT2D eigenvalue weighted by Gasteiger charge is 2.12. The van der Waals surface area contributed by atoms with Crippen LogP contribution in [0.3, 0.4) is 0 Å². The molecule has 5 heterocycles. The van der Waals surface area contributed by atoms with Crippen molar-refractivity contribution in [3.63, 3.8) is 0 Å². The minimum atomic E-state index is 0.705. The predicted octanol–water partition coefficient (Wildman–Crippen LogP) is 9.65. The second kappa shape index (κ2) is 10.9. The molecule has 0 aliphatic carbocycles. The Labute approximate surface area is 270 Å². The van der Waals surface area contributed by atoms with Gasteiger partial charge in [-0.15, -0.1) is 0 Å². The van der Waals surface area contributed by atoms with Gasteiger partial charge in [0.05, 0.1) is 44.8 Å². The van der Waals surface area contributed by atoms with Crippen LogP contribution in [0.4, 0.5) is 0 Å². The summed E-state index contributed by atoms with van der Waals surface area (Å²) in [5.74, 6) is 0.705. The maximum absolute atomic E-state index is 5.06. The highest BCUT2D eigenvalue weighted by atomic mass is 14.9. The largest absolute Gasteiger partial charge is 0.254 e. The number of aromatic nitrogens is 6. The SMILES string of the molecule is Cc1nc(-c2cccc(-c3ccc4ccc5cccnc5c4n3)c2)cc(-c2cccc(-c3ccc4ccc5cccnc5c4n3)c2)n1. The fourth-order valence-corrected chi connectivity index (χ4v) is 6.31. The first-order valence-electron chi connectivity index (χ1n) is 15.5. The number of benzene rings is 4. The van der Waals surface area contributed by atoms with E-state index in [1.807, 2.05) is 31.5 Å². The summed E-state index contributed by atoms with van der Waals surface area (Å²) in [5, 5.41) is 4.29. The topological polar surface area (TPSA) is 77.3 Å². The first-order chi connectivity index (χ1) is 23.2. The molecule has 0 radical (unpaired) electrons. The monoisotopic (exact) mass is 602 g/mol. The summed E-state index contributed by atoms with van der Waals surface area (Å²) in [6.45, 7) is 1.94. The highest BCUT2D eigenvalue weighted by molar-refractivity contribution is 6.04. The predicted molar refractivity (Wildman–Crippen MR) is 190 cm³/mol. The molecule has 47 heavy (non-hydrogen) atoms. The van der Waals surface area contributed by atoms with Gasteiger partial charge in [0.15, 0.2) is 0 Å². The highest BCUT2D eigenvalue weighted by Crippen LogP contribution is 2.32. The summed E-state index contributed by atoms with van der Waals surface area (Å²) in [5.41, 5.74) is 11.1. The molecule has 0 aliphatic heterocycles. The number of aryl methyl sites for hydroxylation is 1. The van der Waals surface area contributed by atoms with Gasteiger partial charge in [0.2, 0.25) is 0 Å². The average Bonchev–Trinajstić information content (AvgIpc) is 3.14. The molecular weight excluding hydrogens is 576 g/mol. The van der Waals surface area contributed by atoms with Crippen molar-refractivity contribution in [3.8, 4) is 45.0 Å². The van der Waals surface area contributed by atoms with E-state index in [0.717, 1.165) is 88.6 Å². The summed E-state index contributed by atoms with van der Waals surface area (Å²) < 4.78 is 0. The molecule has 0 fully saturated rings. The van der Waals surface area contributed by atoms with Gasteiger partial charge in [-0.25, -0.2) is 19.9 Å². The third-order valence-corrected chi connectivity index (χ3v) is 8.61. The zero-order valence-electron chi connectivity index (χ0n) is 25.5. The molecule has 6 nitrogen and oxygen atoms in total. The molecule has 0 spiro atoms. The molecule has 0 aliphatic rings. The van der Waals surface area contributed by atoms with Crippen LogP contribution in [0.5, 0.6) is 0 Å². The van der Waals surface area contributed by atoms with Crippen molar-refractivity contribution in [1.29, 1.82) is 0 Å². The molecule has 0 bridgehead atoms. The van der Waals surface area contributed by atoms with Gasteiger partial charge in [0, 0.05) is 56.2 Å². The van der Waals surface area contributed by atoms with Crippen LogP contribution in [0.25, 0.3) is 88.6 Å². The first kappa shape index (κ1) is 27.0. The second-order valence-electron chi connectivity index (χ2n) is 11.7. The zero-order chi connectivity index (χ0) is 31.3. The third kappa shape index (κ3) is 4.84. The van der Waals surface area contributed by atoms with Crippen LogP contribution in [0.2, 0.25) is 0 Å². The molecule has 220 valence electrons. The smallest absolute Gasteiger partial charge is 0.126 e. The van der Waals surface area contributed by atoms with Gasteiger partial charge < -0.3 is 0 Å². The van der Waals surface area contributed by atoms with Gasteiger partial charge in [-0.1, -0.05) is 84.9 Å². The third-order valence-electron chi connectivity index (χ3n) is 8.61. The Morgan fingerprint density at radius 3 is 1.21 bits per heavy atom. The van der Waals surface area contributed by atoms with Crippen LogP contribution in [0.1, 0.15) is 5.82 Å². The van der Waals surface area contributed by atoms with Crippen LogP contribution < -0.4 is 0 Å². The lowest BCUT2D eigenvalue weighted by Crippen LogP contribution is -1.96. The normalized spacial score (nSPS) is 11.5. The first-order valence-corrected chi connectivity index (χ1v) is 15.5. The van der Waals surface area contributed by atoms with Gasteiger partial charge in [-0.3, -0.25) is 9.97 Å². The van der Waals surface area contributed by atoms with Crippen molar-refractivity contribution in [3.05, 3.63) is 146 Å². The summed E-state index contributed by atoms with van der Waals surface area (Å²) >= 11 is 0. The van der Waals surface area contributed by atoms with Gasteiger partial charge in [-0.2, -0.15) is 0 Å². The van der Waals surface area contributed by atoms with E-state index in [1.54, 1.807) is 0 Å². The molecule has 0 unspecified atom stereocenters. The Balaban J connectivity index is 1.09. The number of hydrogen-bond donors (Lipinski definition) is 0. The van der Waals surface area contributed by atoms with Gasteiger partial charge in [0.25, 0.3) is 0 Å². The Bertz CT molecular complexity index is 2480. The fraction of sp³-hybridized carbons (Fsp3) is 0.0244. The quantitative estimate of drug-likeness (QED) is 0.187. The lowest BCUT2D eigenvalue weighted by molar-refractivity contribution is 1.06. The van der Waals surface area contributed by atoms with Gasteiger partial charge in [-0.05, 0) is 49.4 Å². The molecule has 5 aromatic heterocycles. The molecule has 4 aromatic carbocycles. The summed E-state index contributed by atoms with van der Waals surface area (Å²) in [7, 11) is 0. The zero-order valence-corrected chi connectivity index (χ0v) is 25.5. The maximum Gasteiger partial charge on any atom is 0.126 e. The Hall–Kier alpha value is -6.40. The van der Waals surface area contributed by atoms with E-state index in [9.17, 15) is 0 Å². The Kier molecular flexibility index (Phi) is 6.25. The molecule has 0 N–H and O–H groups in total. The van der Waals surface area contributed by atoms with Gasteiger partial charge in [0.1, 0.15) is 5.82 Å². The van der Waals surface area contributed by atoms with E-state index in [2.05, 4.69) is 125 Å². The molecular formula is C41H26N6. The van der Waals surface area contributed by atoms with Crippen molar-refractivity contribution in [2.45, 2.75) is 6.92 Å². The molecule has 0 atom stereocenters. The van der Waals surface area contributed by atoms with Crippen molar-refractivity contribution < 1.29 is 0 Å². The van der Waals surface area contributed by atoms with Crippen molar-refractivity contribution in [2.24, 2.45) is 0 Å². The summed E-state index contributed by atoms with van der Waals surface area (Å²) in [6, 6.07) is 43.6. The minimum absolute atomic E-state index is 0.705. The molecule has 0 saturated carbocycles. The minimum Gasteiger partial charge on any atom is -0.254 e. The number of hydrogen-bond acceptors (Lipinski definition) is 6. The van der Waals surface area contributed by atoms with E-state index in [4.69, 9.17) is 19.9 Å². The number of pyridine rings is 4. The Morgan fingerprint density at radius 2 is 0.745 bits per heavy atom. The van der Waals surface area contributed by atoms with Gasteiger partial charge >= 0.3 is 0 Å². The van der Waals surface area contributed by atoms with Crippen LogP contribution >= 0.6 is 0 Å². The van der Waals surface area contributed by atoms with Crippen molar-refractivity contribution >= 4 is 43.6 Å². The van der Waals surface area contributed by atoms with E-state index >= 15 is 0 Å². The molecule has 9 aromatic rings. The van der Waals surface area contributed by atoms with Crippen molar-refractivity contribution in [1.82, 2.24) is 29.9 Å². The number of nitrogens with zero attached hydrogens (tertiary/aromatic N) is 6. The number of rotatable bonds is 4. The fourth-order valence-electron chi connectivity index (χ4n) is 6.31. The van der Waals surface area contributed by atoms with Crippen molar-refractivity contribution in [2.75, 3.05) is 0 Å². The molecule has 9 rings (SSSR count). The molecule has 0 amide bonds. The van der Waals surface area contributed by atoms with E-state index in [0.29, 0.717) is 5.82 Å². The lowest BCUT2D eigenvalue weighted by Gasteiger charge is -2.10.